The number of rotatable bonds is 3. The topological polar surface area (TPSA) is 83.7 Å². The van der Waals surface area contributed by atoms with Crippen LogP contribution in [0.5, 0.6) is 0 Å². The third kappa shape index (κ3) is 3.17. The minimum atomic E-state index is -0.237. The van der Waals surface area contributed by atoms with Gasteiger partial charge < -0.3 is 10.6 Å². The first kappa shape index (κ1) is 15.6. The van der Waals surface area contributed by atoms with Crippen LogP contribution in [-0.2, 0) is 0 Å². The van der Waals surface area contributed by atoms with Crippen molar-refractivity contribution in [3.8, 4) is 11.1 Å². The predicted octanol–water partition coefficient (Wildman–Crippen LogP) is 2.97. The average molecular weight is 338 g/mol. The summed E-state index contributed by atoms with van der Waals surface area (Å²) in [5.74, 6) is 1.19. The number of aromatic nitrogens is 4. The van der Waals surface area contributed by atoms with E-state index in [1.54, 1.807) is 18.3 Å². The summed E-state index contributed by atoms with van der Waals surface area (Å²) in [4.78, 5) is 10.5. The number of piperidine rings is 1. The lowest BCUT2D eigenvalue weighted by atomic mass is 9.90. The Labute approximate surface area is 144 Å². The monoisotopic (exact) mass is 338 g/mol. The molecule has 3 N–H and O–H groups in total. The standard InChI is InChI=1S/C18H19FN6/c19-14-5-3-12(4-6-14)15-10-22-24-17(15)13-2-1-9-25(11-13)16-7-8-21-18(20)23-16/h3-8,10,13H,1-2,9,11H2,(H,22,24)(H2,20,21,23)/t13-/m0/s1. The Bertz CT molecular complexity index is 860. The van der Waals surface area contributed by atoms with Crippen LogP contribution in [-0.4, -0.2) is 33.3 Å². The highest BCUT2D eigenvalue weighted by molar-refractivity contribution is 5.66. The summed E-state index contributed by atoms with van der Waals surface area (Å²) < 4.78 is 13.2. The van der Waals surface area contributed by atoms with Gasteiger partial charge in [-0.25, -0.2) is 9.37 Å². The van der Waals surface area contributed by atoms with Crippen LogP contribution >= 0.6 is 0 Å². The van der Waals surface area contributed by atoms with Crippen molar-refractivity contribution in [2.24, 2.45) is 0 Å². The number of nitrogen functional groups attached to an aromatic ring is 1. The van der Waals surface area contributed by atoms with E-state index in [9.17, 15) is 4.39 Å². The molecular formula is C18H19FN6. The van der Waals surface area contributed by atoms with Crippen LogP contribution < -0.4 is 10.6 Å². The fourth-order valence-corrected chi connectivity index (χ4v) is 3.43. The number of benzene rings is 1. The molecule has 0 aliphatic carbocycles. The van der Waals surface area contributed by atoms with E-state index < -0.39 is 0 Å². The van der Waals surface area contributed by atoms with Crippen molar-refractivity contribution in [1.82, 2.24) is 20.2 Å². The summed E-state index contributed by atoms with van der Waals surface area (Å²) in [7, 11) is 0. The molecule has 7 heteroatoms. The molecule has 4 rings (SSSR count). The van der Waals surface area contributed by atoms with Gasteiger partial charge in [-0.05, 0) is 36.6 Å². The number of aromatic amines is 1. The van der Waals surface area contributed by atoms with E-state index in [4.69, 9.17) is 5.73 Å². The summed E-state index contributed by atoms with van der Waals surface area (Å²) >= 11 is 0. The lowest BCUT2D eigenvalue weighted by molar-refractivity contribution is 0.498. The molecule has 0 amide bonds. The molecule has 2 aromatic heterocycles. The molecule has 25 heavy (non-hydrogen) atoms. The Morgan fingerprint density at radius 3 is 2.84 bits per heavy atom. The second kappa shape index (κ2) is 6.51. The first-order chi connectivity index (χ1) is 12.2. The molecule has 0 bridgehead atoms. The van der Waals surface area contributed by atoms with Gasteiger partial charge in [-0.3, -0.25) is 5.10 Å². The Morgan fingerprint density at radius 1 is 1.20 bits per heavy atom. The first-order valence-corrected chi connectivity index (χ1v) is 8.33. The van der Waals surface area contributed by atoms with Crippen molar-refractivity contribution in [3.05, 3.63) is 54.2 Å². The predicted molar refractivity (Wildman–Crippen MR) is 94.6 cm³/mol. The van der Waals surface area contributed by atoms with Crippen LogP contribution in [0, 0.1) is 5.82 Å². The Morgan fingerprint density at radius 2 is 2.04 bits per heavy atom. The van der Waals surface area contributed by atoms with E-state index in [-0.39, 0.29) is 11.8 Å². The maximum atomic E-state index is 13.2. The molecule has 3 aromatic rings. The highest BCUT2D eigenvalue weighted by atomic mass is 19.1. The van der Waals surface area contributed by atoms with Gasteiger partial charge in [-0.2, -0.15) is 10.1 Å². The molecule has 1 fully saturated rings. The van der Waals surface area contributed by atoms with Crippen molar-refractivity contribution < 1.29 is 4.39 Å². The minimum absolute atomic E-state index is 0.237. The van der Waals surface area contributed by atoms with Crippen molar-refractivity contribution >= 4 is 11.8 Å². The van der Waals surface area contributed by atoms with Crippen molar-refractivity contribution in [2.45, 2.75) is 18.8 Å². The van der Waals surface area contributed by atoms with Gasteiger partial charge in [-0.1, -0.05) is 12.1 Å². The van der Waals surface area contributed by atoms with Gasteiger partial charge in [0.1, 0.15) is 11.6 Å². The van der Waals surface area contributed by atoms with Crippen molar-refractivity contribution in [1.29, 1.82) is 0 Å². The lowest BCUT2D eigenvalue weighted by Gasteiger charge is -2.33. The number of hydrogen-bond donors (Lipinski definition) is 2. The number of anilines is 2. The van der Waals surface area contributed by atoms with Gasteiger partial charge in [0, 0.05) is 36.5 Å². The van der Waals surface area contributed by atoms with Gasteiger partial charge in [0.15, 0.2) is 0 Å². The molecule has 3 heterocycles. The molecule has 0 radical (unpaired) electrons. The van der Waals surface area contributed by atoms with Crippen LogP contribution in [0.3, 0.4) is 0 Å². The largest absolute Gasteiger partial charge is 0.368 e. The summed E-state index contributed by atoms with van der Waals surface area (Å²) in [5.41, 5.74) is 8.78. The Hall–Kier alpha value is -2.96. The molecule has 1 aliphatic heterocycles. The van der Waals surface area contributed by atoms with E-state index in [1.165, 1.54) is 12.1 Å². The number of nitrogens with zero attached hydrogens (tertiary/aromatic N) is 4. The second-order valence-corrected chi connectivity index (χ2v) is 6.26. The second-order valence-electron chi connectivity index (χ2n) is 6.26. The molecule has 1 aliphatic rings. The zero-order chi connectivity index (χ0) is 17.2. The quantitative estimate of drug-likeness (QED) is 0.767. The molecular weight excluding hydrogens is 319 g/mol. The number of halogens is 1. The normalized spacial score (nSPS) is 17.6. The van der Waals surface area contributed by atoms with Crippen molar-refractivity contribution in [3.63, 3.8) is 0 Å². The average Bonchev–Trinajstić information content (AvgIpc) is 3.12. The highest BCUT2D eigenvalue weighted by Crippen LogP contribution is 2.34. The van der Waals surface area contributed by atoms with Crippen LogP contribution in [0.25, 0.3) is 11.1 Å². The van der Waals surface area contributed by atoms with Gasteiger partial charge >= 0.3 is 0 Å². The van der Waals surface area contributed by atoms with Gasteiger partial charge in [0.05, 0.1) is 6.20 Å². The first-order valence-electron chi connectivity index (χ1n) is 8.33. The molecule has 6 nitrogen and oxygen atoms in total. The van der Waals surface area contributed by atoms with Crippen LogP contribution in [0.2, 0.25) is 0 Å². The lowest BCUT2D eigenvalue weighted by Crippen LogP contribution is -2.35. The Balaban J connectivity index is 1.60. The summed E-state index contributed by atoms with van der Waals surface area (Å²) in [6, 6.07) is 8.41. The minimum Gasteiger partial charge on any atom is -0.368 e. The fraction of sp³-hybridized carbons (Fsp3) is 0.278. The zero-order valence-electron chi connectivity index (χ0n) is 13.7. The summed E-state index contributed by atoms with van der Waals surface area (Å²) in [5, 5.41) is 7.37. The Kier molecular flexibility index (Phi) is 4.05. The van der Waals surface area contributed by atoms with Crippen LogP contribution in [0.4, 0.5) is 16.2 Å². The van der Waals surface area contributed by atoms with E-state index in [2.05, 4.69) is 25.1 Å². The maximum absolute atomic E-state index is 13.2. The molecule has 0 saturated carbocycles. The van der Waals surface area contributed by atoms with Gasteiger partial charge in [0.25, 0.3) is 0 Å². The third-order valence-electron chi connectivity index (χ3n) is 4.64. The molecule has 128 valence electrons. The van der Waals surface area contributed by atoms with E-state index in [0.29, 0.717) is 5.92 Å². The van der Waals surface area contributed by atoms with Crippen LogP contribution in [0.15, 0.2) is 42.7 Å². The zero-order valence-corrected chi connectivity index (χ0v) is 13.7. The summed E-state index contributed by atoms with van der Waals surface area (Å²) in [6.07, 6.45) is 5.61. The molecule has 1 saturated heterocycles. The molecule has 0 unspecified atom stereocenters. The number of hydrogen-bond acceptors (Lipinski definition) is 5. The fourth-order valence-electron chi connectivity index (χ4n) is 3.43. The van der Waals surface area contributed by atoms with Crippen LogP contribution in [0.1, 0.15) is 24.5 Å². The highest BCUT2D eigenvalue weighted by Gasteiger charge is 2.26. The van der Waals surface area contributed by atoms with E-state index >= 15 is 0 Å². The van der Waals surface area contributed by atoms with Crippen molar-refractivity contribution in [2.75, 3.05) is 23.7 Å². The third-order valence-corrected chi connectivity index (χ3v) is 4.64. The number of nitrogens with two attached hydrogens (primary N) is 1. The van der Waals surface area contributed by atoms with E-state index in [0.717, 1.165) is 48.6 Å². The SMILES string of the molecule is Nc1nccc(N2CCC[C@H](c3[nH]ncc3-c3ccc(F)cc3)C2)n1. The number of H-pyrrole nitrogens is 1. The smallest absolute Gasteiger partial charge is 0.221 e. The van der Waals surface area contributed by atoms with Gasteiger partial charge in [0.2, 0.25) is 5.95 Å². The molecule has 1 aromatic carbocycles. The summed E-state index contributed by atoms with van der Waals surface area (Å²) in [6.45, 7) is 1.76. The molecule has 1 atom stereocenters. The number of nitrogens with one attached hydrogen (secondary N) is 1. The van der Waals surface area contributed by atoms with Gasteiger partial charge in [-0.15, -0.1) is 0 Å². The van der Waals surface area contributed by atoms with E-state index in [1.807, 2.05) is 12.3 Å². The maximum Gasteiger partial charge on any atom is 0.221 e. The molecule has 0 spiro atoms.